The van der Waals surface area contributed by atoms with Crippen LogP contribution in [-0.4, -0.2) is 32.2 Å². The first-order valence-corrected chi connectivity index (χ1v) is 7.93. The average Bonchev–Trinajstić information content (AvgIpc) is 2.77. The van der Waals surface area contributed by atoms with Crippen LogP contribution >= 0.6 is 11.3 Å². The van der Waals surface area contributed by atoms with Crippen molar-refractivity contribution in [3.63, 3.8) is 0 Å². The summed E-state index contributed by atoms with van der Waals surface area (Å²) < 4.78 is 12.3. The number of fused-ring (bicyclic) bond motifs is 1. The van der Waals surface area contributed by atoms with E-state index in [0.29, 0.717) is 0 Å². The molecule has 2 aromatic rings. The van der Waals surface area contributed by atoms with Crippen LogP contribution in [0.1, 0.15) is 13.3 Å². The molecule has 1 N–H and O–H groups in total. The lowest BCUT2D eigenvalue weighted by atomic mass is 10.3. The van der Waals surface area contributed by atoms with Gasteiger partial charge in [-0.25, -0.2) is 9.97 Å². The predicted molar refractivity (Wildman–Crippen MR) is 74.1 cm³/mol. The van der Waals surface area contributed by atoms with Crippen LogP contribution in [0, 0.1) is 0 Å². The first-order chi connectivity index (χ1) is 8.18. The largest absolute Gasteiger partial charge is 0.369 e. The fourth-order valence-corrected chi connectivity index (χ4v) is 2.74. The number of nitrogens with one attached hydrogen (secondary N) is 1. The molecule has 2 rings (SSSR count). The molecule has 0 aliphatic heterocycles. The number of hydrogen-bond acceptors (Lipinski definition) is 5. The summed E-state index contributed by atoms with van der Waals surface area (Å²) >= 11 is 1.63. The smallest absolute Gasteiger partial charge is 0.147 e. The summed E-state index contributed by atoms with van der Waals surface area (Å²) in [5.41, 5.74) is 0.972. The second kappa shape index (κ2) is 5.55. The molecule has 0 spiro atoms. The zero-order valence-electron chi connectivity index (χ0n) is 9.84. The maximum Gasteiger partial charge on any atom is 0.147 e. The fourth-order valence-electron chi connectivity index (χ4n) is 1.47. The predicted octanol–water partition coefficient (Wildman–Crippen LogP) is 2.26. The van der Waals surface area contributed by atoms with Gasteiger partial charge in [-0.3, -0.25) is 4.21 Å². The van der Waals surface area contributed by atoms with Gasteiger partial charge in [-0.15, -0.1) is 11.3 Å². The van der Waals surface area contributed by atoms with Gasteiger partial charge in [0.2, 0.25) is 0 Å². The fraction of sp³-hybridized carbons (Fsp3) is 0.455. The van der Waals surface area contributed by atoms with Gasteiger partial charge >= 0.3 is 0 Å². The summed E-state index contributed by atoms with van der Waals surface area (Å²) in [6, 6.07) is 1.98. The van der Waals surface area contributed by atoms with Gasteiger partial charge in [0, 0.05) is 28.9 Å². The van der Waals surface area contributed by atoms with E-state index in [1.165, 1.54) is 0 Å². The summed E-state index contributed by atoms with van der Waals surface area (Å²) in [7, 11) is -0.758. The lowest BCUT2D eigenvalue weighted by molar-refractivity contribution is 0.672. The van der Waals surface area contributed by atoms with Crippen molar-refractivity contribution in [2.75, 3.05) is 18.1 Å². The standard InChI is InChI=1S/C11H15N3OS2/c1-8(17(2)15)3-5-12-11-10-9(4-6-16-10)13-7-14-11/h4,6-8H,3,5H2,1-2H3,(H,12,13,14). The lowest BCUT2D eigenvalue weighted by Crippen LogP contribution is -2.15. The zero-order chi connectivity index (χ0) is 12.3. The minimum atomic E-state index is -0.758. The van der Waals surface area contributed by atoms with Gasteiger partial charge in [0.1, 0.15) is 12.1 Å². The number of hydrogen-bond donors (Lipinski definition) is 1. The maximum absolute atomic E-state index is 11.2. The molecule has 0 saturated carbocycles. The van der Waals surface area contributed by atoms with Gasteiger partial charge < -0.3 is 5.32 Å². The normalized spacial score (nSPS) is 14.7. The second-order valence-corrected chi connectivity index (χ2v) is 6.60. The van der Waals surface area contributed by atoms with E-state index < -0.39 is 10.8 Å². The molecule has 0 fully saturated rings. The Morgan fingerprint density at radius 1 is 1.53 bits per heavy atom. The van der Waals surface area contributed by atoms with Gasteiger partial charge in [0.15, 0.2) is 0 Å². The molecule has 17 heavy (non-hydrogen) atoms. The second-order valence-electron chi connectivity index (χ2n) is 3.88. The molecule has 2 aromatic heterocycles. The highest BCUT2D eigenvalue weighted by molar-refractivity contribution is 7.84. The van der Waals surface area contributed by atoms with E-state index in [9.17, 15) is 4.21 Å². The van der Waals surface area contributed by atoms with Crippen LogP contribution in [0.3, 0.4) is 0 Å². The van der Waals surface area contributed by atoms with Crippen LogP contribution in [0.5, 0.6) is 0 Å². The minimum Gasteiger partial charge on any atom is -0.369 e. The average molecular weight is 269 g/mol. The van der Waals surface area contributed by atoms with Gasteiger partial charge in [-0.05, 0) is 17.9 Å². The molecule has 0 aromatic carbocycles. The maximum atomic E-state index is 11.2. The van der Waals surface area contributed by atoms with Crippen molar-refractivity contribution in [2.45, 2.75) is 18.6 Å². The van der Waals surface area contributed by atoms with Gasteiger partial charge in [0.25, 0.3) is 0 Å². The number of anilines is 1. The van der Waals surface area contributed by atoms with E-state index in [2.05, 4.69) is 15.3 Å². The Bertz CT molecular complexity index is 526. The van der Waals surface area contributed by atoms with E-state index in [0.717, 1.165) is 29.0 Å². The Balaban J connectivity index is 1.99. The topological polar surface area (TPSA) is 54.9 Å². The molecule has 0 aliphatic rings. The number of rotatable bonds is 5. The molecule has 0 radical (unpaired) electrons. The molecule has 0 aliphatic carbocycles. The van der Waals surface area contributed by atoms with Crippen molar-refractivity contribution in [3.05, 3.63) is 17.8 Å². The molecule has 2 unspecified atom stereocenters. The first-order valence-electron chi connectivity index (χ1n) is 5.43. The van der Waals surface area contributed by atoms with Crippen LogP contribution in [0.15, 0.2) is 17.8 Å². The van der Waals surface area contributed by atoms with Gasteiger partial charge in [-0.1, -0.05) is 6.92 Å². The Morgan fingerprint density at radius 3 is 3.12 bits per heavy atom. The summed E-state index contributed by atoms with van der Waals surface area (Å²) in [4.78, 5) is 8.42. The van der Waals surface area contributed by atoms with Crippen molar-refractivity contribution >= 4 is 38.2 Å². The number of nitrogens with zero attached hydrogens (tertiary/aromatic N) is 2. The number of thiophene rings is 1. The van der Waals surface area contributed by atoms with Crippen LogP contribution in [-0.2, 0) is 10.8 Å². The molecule has 92 valence electrons. The molecule has 2 heterocycles. The molecule has 4 nitrogen and oxygen atoms in total. The third-order valence-electron chi connectivity index (χ3n) is 2.65. The molecular formula is C11H15N3OS2. The highest BCUT2D eigenvalue weighted by Gasteiger charge is 2.07. The highest BCUT2D eigenvalue weighted by atomic mass is 32.2. The Morgan fingerprint density at radius 2 is 2.35 bits per heavy atom. The van der Waals surface area contributed by atoms with Crippen molar-refractivity contribution < 1.29 is 4.21 Å². The van der Waals surface area contributed by atoms with Crippen molar-refractivity contribution in [3.8, 4) is 0 Å². The molecule has 6 heteroatoms. The monoisotopic (exact) mass is 269 g/mol. The third-order valence-corrected chi connectivity index (χ3v) is 4.93. The van der Waals surface area contributed by atoms with E-state index >= 15 is 0 Å². The molecule has 0 saturated heterocycles. The van der Waals surface area contributed by atoms with Crippen LogP contribution < -0.4 is 5.32 Å². The van der Waals surface area contributed by atoms with Crippen molar-refractivity contribution in [1.82, 2.24) is 9.97 Å². The Kier molecular flexibility index (Phi) is 4.06. The summed E-state index contributed by atoms with van der Waals surface area (Å²) in [6.07, 6.45) is 4.19. The van der Waals surface area contributed by atoms with Crippen molar-refractivity contribution in [2.24, 2.45) is 0 Å². The Labute approximate surface area is 107 Å². The van der Waals surface area contributed by atoms with E-state index in [4.69, 9.17) is 0 Å². The third kappa shape index (κ3) is 3.01. The minimum absolute atomic E-state index is 0.211. The Hall–Kier alpha value is -1.01. The van der Waals surface area contributed by atoms with E-state index in [1.54, 1.807) is 23.9 Å². The molecule has 2 atom stereocenters. The highest BCUT2D eigenvalue weighted by Crippen LogP contribution is 2.24. The quantitative estimate of drug-likeness (QED) is 0.904. The summed E-state index contributed by atoms with van der Waals surface area (Å²) in [5.74, 6) is 0.874. The zero-order valence-corrected chi connectivity index (χ0v) is 11.5. The summed E-state index contributed by atoms with van der Waals surface area (Å²) in [6.45, 7) is 2.78. The van der Waals surface area contributed by atoms with Crippen LogP contribution in [0.25, 0.3) is 10.2 Å². The molecule has 0 amide bonds. The van der Waals surface area contributed by atoms with Crippen molar-refractivity contribution in [1.29, 1.82) is 0 Å². The summed E-state index contributed by atoms with van der Waals surface area (Å²) in [5, 5.41) is 5.50. The van der Waals surface area contributed by atoms with Crippen LogP contribution in [0.2, 0.25) is 0 Å². The van der Waals surface area contributed by atoms with Gasteiger partial charge in [0.05, 0.1) is 10.2 Å². The van der Waals surface area contributed by atoms with Gasteiger partial charge in [-0.2, -0.15) is 0 Å². The lowest BCUT2D eigenvalue weighted by Gasteiger charge is -2.09. The number of aromatic nitrogens is 2. The first kappa shape index (κ1) is 12.4. The SMILES string of the molecule is CC(CCNc1ncnc2ccsc12)S(C)=O. The van der Waals surface area contributed by atoms with E-state index in [-0.39, 0.29) is 5.25 Å². The molecule has 0 bridgehead atoms. The van der Waals surface area contributed by atoms with Crippen LogP contribution in [0.4, 0.5) is 5.82 Å². The molecular weight excluding hydrogens is 254 g/mol. The van der Waals surface area contributed by atoms with E-state index in [1.807, 2.05) is 18.4 Å².